The summed E-state index contributed by atoms with van der Waals surface area (Å²) in [6.45, 7) is 0. The van der Waals surface area contributed by atoms with Gasteiger partial charge in [0, 0.05) is 26.5 Å². The number of amides is 1. The number of rotatable bonds is 6. The number of thiophene rings is 1. The fourth-order valence-corrected chi connectivity index (χ4v) is 4.48. The summed E-state index contributed by atoms with van der Waals surface area (Å²) < 4.78 is 0. The fraction of sp³-hybridized carbons (Fsp3) is 0.0476. The molecule has 1 amide bonds. The molecule has 0 unspecified atom stereocenters. The van der Waals surface area contributed by atoms with E-state index in [0.29, 0.717) is 27.3 Å². The third kappa shape index (κ3) is 5.16. The van der Waals surface area contributed by atoms with E-state index in [9.17, 15) is 4.79 Å². The largest absolute Gasteiger partial charge is 0.330 e. The van der Waals surface area contributed by atoms with Gasteiger partial charge in [-0.15, -0.1) is 22.7 Å². The van der Waals surface area contributed by atoms with Crippen LogP contribution in [-0.4, -0.2) is 10.9 Å². The molecule has 146 valence electrons. The number of benzene rings is 2. The van der Waals surface area contributed by atoms with Crippen molar-refractivity contribution < 1.29 is 4.79 Å². The van der Waals surface area contributed by atoms with E-state index in [1.807, 2.05) is 47.2 Å². The van der Waals surface area contributed by atoms with Crippen molar-refractivity contribution in [1.29, 1.82) is 0 Å². The van der Waals surface area contributed by atoms with Crippen LogP contribution in [0.25, 0.3) is 11.3 Å². The van der Waals surface area contributed by atoms with Crippen molar-refractivity contribution in [2.45, 2.75) is 6.42 Å². The SMILES string of the molecule is O=C(Cc1cccs1)Nc1cccc(-c2csc(Nc3cc(Cl)ccc3Cl)n2)c1. The van der Waals surface area contributed by atoms with E-state index in [0.717, 1.165) is 21.8 Å². The lowest BCUT2D eigenvalue weighted by atomic mass is 10.1. The standard InChI is InChI=1S/C21H15Cl2N3OS2/c22-14-6-7-17(23)18(10-14)25-21-26-19(12-29-21)13-3-1-4-15(9-13)24-20(27)11-16-5-2-8-28-16/h1-10,12H,11H2,(H,24,27)(H,25,26). The summed E-state index contributed by atoms with van der Waals surface area (Å²) in [6, 6.07) is 16.8. The number of nitrogens with zero attached hydrogens (tertiary/aromatic N) is 1. The summed E-state index contributed by atoms with van der Waals surface area (Å²) in [7, 11) is 0. The molecule has 2 aromatic heterocycles. The fourth-order valence-electron chi connectivity index (χ4n) is 2.71. The highest BCUT2D eigenvalue weighted by Crippen LogP contribution is 2.32. The Labute approximate surface area is 186 Å². The topological polar surface area (TPSA) is 54.0 Å². The first-order chi connectivity index (χ1) is 14.1. The second kappa shape index (κ2) is 8.97. The van der Waals surface area contributed by atoms with Crippen LogP contribution >= 0.6 is 45.9 Å². The zero-order valence-electron chi connectivity index (χ0n) is 15.0. The number of anilines is 3. The van der Waals surface area contributed by atoms with Gasteiger partial charge < -0.3 is 10.6 Å². The minimum absolute atomic E-state index is 0.0409. The number of hydrogen-bond donors (Lipinski definition) is 2. The van der Waals surface area contributed by atoms with Crippen LogP contribution in [-0.2, 0) is 11.2 Å². The molecule has 2 aromatic carbocycles. The molecule has 0 saturated heterocycles. The molecular formula is C21H15Cl2N3OS2. The van der Waals surface area contributed by atoms with Crippen LogP contribution in [0, 0.1) is 0 Å². The van der Waals surface area contributed by atoms with Gasteiger partial charge in [-0.1, -0.05) is 41.4 Å². The molecule has 2 heterocycles. The van der Waals surface area contributed by atoms with Crippen LogP contribution in [0.3, 0.4) is 0 Å². The van der Waals surface area contributed by atoms with Gasteiger partial charge in [-0.05, 0) is 41.8 Å². The highest BCUT2D eigenvalue weighted by Gasteiger charge is 2.10. The van der Waals surface area contributed by atoms with Crippen LogP contribution < -0.4 is 10.6 Å². The number of thiazole rings is 1. The maximum Gasteiger partial charge on any atom is 0.229 e. The molecule has 0 aliphatic rings. The summed E-state index contributed by atoms with van der Waals surface area (Å²) >= 11 is 15.3. The summed E-state index contributed by atoms with van der Waals surface area (Å²) in [4.78, 5) is 17.9. The lowest BCUT2D eigenvalue weighted by Crippen LogP contribution is -2.13. The normalized spacial score (nSPS) is 10.7. The monoisotopic (exact) mass is 459 g/mol. The quantitative estimate of drug-likeness (QED) is 0.323. The second-order valence-corrected chi connectivity index (χ2v) is 8.91. The molecule has 0 aliphatic heterocycles. The molecule has 4 aromatic rings. The highest BCUT2D eigenvalue weighted by molar-refractivity contribution is 7.14. The van der Waals surface area contributed by atoms with E-state index < -0.39 is 0 Å². The first-order valence-corrected chi connectivity index (χ1v) is 11.2. The van der Waals surface area contributed by atoms with Crippen molar-refractivity contribution in [3.63, 3.8) is 0 Å². The smallest absolute Gasteiger partial charge is 0.229 e. The third-order valence-corrected chi connectivity index (χ3v) is 6.23. The van der Waals surface area contributed by atoms with Gasteiger partial charge >= 0.3 is 0 Å². The summed E-state index contributed by atoms with van der Waals surface area (Å²) in [5, 5.41) is 11.9. The number of aromatic nitrogens is 1. The predicted molar refractivity (Wildman–Crippen MR) is 124 cm³/mol. The molecule has 0 fully saturated rings. The molecule has 0 spiro atoms. The van der Waals surface area contributed by atoms with Gasteiger partial charge in [-0.3, -0.25) is 4.79 Å². The maximum atomic E-state index is 12.2. The van der Waals surface area contributed by atoms with Gasteiger partial charge in [-0.2, -0.15) is 0 Å². The van der Waals surface area contributed by atoms with Gasteiger partial charge in [0.05, 0.1) is 22.8 Å². The zero-order valence-corrected chi connectivity index (χ0v) is 18.1. The second-order valence-electron chi connectivity index (χ2n) is 6.17. The number of carbonyl (C=O) groups excluding carboxylic acids is 1. The Morgan fingerprint density at radius 3 is 2.76 bits per heavy atom. The van der Waals surface area contributed by atoms with E-state index in [4.69, 9.17) is 23.2 Å². The van der Waals surface area contributed by atoms with Gasteiger partial charge in [-0.25, -0.2) is 4.98 Å². The minimum atomic E-state index is -0.0409. The molecule has 0 saturated carbocycles. The van der Waals surface area contributed by atoms with E-state index in [2.05, 4.69) is 15.6 Å². The molecule has 29 heavy (non-hydrogen) atoms. The van der Waals surface area contributed by atoms with Gasteiger partial charge in [0.2, 0.25) is 5.91 Å². The van der Waals surface area contributed by atoms with Crippen LogP contribution in [0.1, 0.15) is 4.88 Å². The van der Waals surface area contributed by atoms with Crippen molar-refractivity contribution in [3.8, 4) is 11.3 Å². The van der Waals surface area contributed by atoms with Crippen LogP contribution in [0.2, 0.25) is 10.0 Å². The molecule has 0 bridgehead atoms. The first kappa shape index (κ1) is 19.9. The Morgan fingerprint density at radius 2 is 1.93 bits per heavy atom. The van der Waals surface area contributed by atoms with Crippen molar-refractivity contribution in [1.82, 2.24) is 4.98 Å². The first-order valence-electron chi connectivity index (χ1n) is 8.67. The summed E-state index contributed by atoms with van der Waals surface area (Å²) in [6.07, 6.45) is 0.368. The van der Waals surface area contributed by atoms with E-state index in [1.165, 1.54) is 11.3 Å². The third-order valence-electron chi connectivity index (χ3n) is 4.03. The van der Waals surface area contributed by atoms with Gasteiger partial charge in [0.25, 0.3) is 0 Å². The molecule has 8 heteroatoms. The van der Waals surface area contributed by atoms with Crippen LogP contribution in [0.4, 0.5) is 16.5 Å². The molecule has 2 N–H and O–H groups in total. The Bertz CT molecular complexity index is 1140. The number of nitrogens with one attached hydrogen (secondary N) is 2. The van der Waals surface area contributed by atoms with Crippen LogP contribution in [0.15, 0.2) is 65.4 Å². The number of halogens is 2. The van der Waals surface area contributed by atoms with Gasteiger partial charge in [0.1, 0.15) is 0 Å². The van der Waals surface area contributed by atoms with Crippen molar-refractivity contribution in [2.75, 3.05) is 10.6 Å². The predicted octanol–water partition coefficient (Wildman–Crippen LogP) is 7.10. The van der Waals surface area contributed by atoms with E-state index in [1.54, 1.807) is 29.5 Å². The molecule has 0 radical (unpaired) electrons. The van der Waals surface area contributed by atoms with Crippen molar-refractivity contribution in [2.24, 2.45) is 0 Å². The Balaban J connectivity index is 1.47. The molecule has 0 atom stereocenters. The average Bonchev–Trinajstić information content (AvgIpc) is 3.37. The van der Waals surface area contributed by atoms with Crippen molar-refractivity contribution >= 4 is 68.3 Å². The van der Waals surface area contributed by atoms with Crippen molar-refractivity contribution in [3.05, 3.63) is 80.3 Å². The van der Waals surface area contributed by atoms with Gasteiger partial charge in [0.15, 0.2) is 5.13 Å². The molecule has 4 nitrogen and oxygen atoms in total. The Hall–Kier alpha value is -2.38. The average molecular weight is 460 g/mol. The minimum Gasteiger partial charge on any atom is -0.330 e. The lowest BCUT2D eigenvalue weighted by Gasteiger charge is -2.07. The number of hydrogen-bond acceptors (Lipinski definition) is 5. The molecule has 4 rings (SSSR count). The Morgan fingerprint density at radius 1 is 1.03 bits per heavy atom. The summed E-state index contributed by atoms with van der Waals surface area (Å²) in [5.74, 6) is -0.0409. The van der Waals surface area contributed by atoms with Crippen LogP contribution in [0.5, 0.6) is 0 Å². The van der Waals surface area contributed by atoms with E-state index >= 15 is 0 Å². The highest BCUT2D eigenvalue weighted by atomic mass is 35.5. The Kier molecular flexibility index (Phi) is 6.16. The molecule has 0 aliphatic carbocycles. The lowest BCUT2D eigenvalue weighted by molar-refractivity contribution is -0.115. The molecular weight excluding hydrogens is 445 g/mol. The number of carbonyl (C=O) groups is 1. The zero-order chi connectivity index (χ0) is 20.2. The maximum absolute atomic E-state index is 12.2. The van der Waals surface area contributed by atoms with E-state index in [-0.39, 0.29) is 5.91 Å². The summed E-state index contributed by atoms with van der Waals surface area (Å²) in [5.41, 5.74) is 3.17.